The van der Waals surface area contributed by atoms with Crippen LogP contribution in [-0.2, 0) is 24.2 Å². The number of nitrogens with zero attached hydrogens (tertiary/aromatic N) is 3. The number of aromatic nitrogens is 2. The van der Waals surface area contributed by atoms with Gasteiger partial charge in [0, 0.05) is 35.6 Å². The standard InChI is InChI=1S/C21H26N4O3S/c1-14(26)15-6-4-7-16(12-15)22-19(27)13-29-20-17-8-5-9-18(17)25(21(28)23-20)11-10-24(2)3/h4,6-7,12H,5,8-11,13H2,1-3H3,(H,22,27). The minimum Gasteiger partial charge on any atom is -0.325 e. The van der Waals surface area contributed by atoms with Gasteiger partial charge in [-0.3, -0.25) is 14.2 Å². The number of fused-ring (bicyclic) bond motifs is 1. The summed E-state index contributed by atoms with van der Waals surface area (Å²) in [5.41, 5.74) is 3.05. The zero-order valence-corrected chi connectivity index (χ0v) is 17.8. The van der Waals surface area contributed by atoms with Gasteiger partial charge < -0.3 is 10.2 Å². The van der Waals surface area contributed by atoms with Gasteiger partial charge in [-0.15, -0.1) is 0 Å². The molecule has 1 amide bonds. The van der Waals surface area contributed by atoms with Crippen molar-refractivity contribution in [3.8, 4) is 0 Å². The Bertz CT molecular complexity index is 984. The fourth-order valence-electron chi connectivity index (χ4n) is 3.38. The zero-order valence-electron chi connectivity index (χ0n) is 17.0. The van der Waals surface area contributed by atoms with Crippen molar-refractivity contribution in [2.45, 2.75) is 37.8 Å². The van der Waals surface area contributed by atoms with E-state index in [0.29, 0.717) is 22.8 Å². The second-order valence-corrected chi connectivity index (χ2v) is 8.37. The quantitative estimate of drug-likeness (QED) is 0.405. The fraction of sp³-hybridized carbons (Fsp3) is 0.429. The molecule has 0 unspecified atom stereocenters. The van der Waals surface area contributed by atoms with Crippen LogP contribution in [0.3, 0.4) is 0 Å². The van der Waals surface area contributed by atoms with Gasteiger partial charge in [0.1, 0.15) is 5.03 Å². The normalized spacial score (nSPS) is 12.8. The van der Waals surface area contributed by atoms with Crippen LogP contribution in [-0.4, -0.2) is 52.5 Å². The van der Waals surface area contributed by atoms with E-state index in [1.807, 2.05) is 19.0 Å². The summed E-state index contributed by atoms with van der Waals surface area (Å²) < 4.78 is 1.78. The van der Waals surface area contributed by atoms with Crippen LogP contribution in [0.5, 0.6) is 0 Å². The van der Waals surface area contributed by atoms with E-state index in [1.165, 1.54) is 18.7 Å². The lowest BCUT2D eigenvalue weighted by atomic mass is 10.1. The van der Waals surface area contributed by atoms with Crippen molar-refractivity contribution in [2.24, 2.45) is 0 Å². The van der Waals surface area contributed by atoms with Crippen LogP contribution in [0, 0.1) is 0 Å². The van der Waals surface area contributed by atoms with Gasteiger partial charge in [-0.1, -0.05) is 23.9 Å². The summed E-state index contributed by atoms with van der Waals surface area (Å²) >= 11 is 1.30. The number of likely N-dealkylation sites (N-methyl/N-ethyl adjacent to an activating group) is 1. The van der Waals surface area contributed by atoms with Crippen molar-refractivity contribution >= 4 is 29.1 Å². The molecule has 1 heterocycles. The summed E-state index contributed by atoms with van der Waals surface area (Å²) in [4.78, 5) is 42.7. The van der Waals surface area contributed by atoms with Crippen LogP contribution >= 0.6 is 11.8 Å². The van der Waals surface area contributed by atoms with Crippen molar-refractivity contribution in [2.75, 3.05) is 31.7 Å². The second kappa shape index (κ2) is 9.37. The summed E-state index contributed by atoms with van der Waals surface area (Å²) in [5, 5.41) is 3.47. The lowest BCUT2D eigenvalue weighted by Gasteiger charge is -2.16. The molecule has 1 N–H and O–H groups in total. The Morgan fingerprint density at radius 2 is 2.07 bits per heavy atom. The van der Waals surface area contributed by atoms with E-state index < -0.39 is 0 Å². The topological polar surface area (TPSA) is 84.3 Å². The van der Waals surface area contributed by atoms with Crippen LogP contribution in [0.1, 0.15) is 35.0 Å². The van der Waals surface area contributed by atoms with E-state index >= 15 is 0 Å². The monoisotopic (exact) mass is 414 g/mol. The van der Waals surface area contributed by atoms with Gasteiger partial charge in [0.05, 0.1) is 5.75 Å². The Morgan fingerprint density at radius 1 is 1.28 bits per heavy atom. The molecule has 7 nitrogen and oxygen atoms in total. The minimum absolute atomic E-state index is 0.0509. The molecule has 1 aliphatic rings. The number of anilines is 1. The van der Waals surface area contributed by atoms with Crippen LogP contribution in [0.4, 0.5) is 5.69 Å². The number of rotatable bonds is 8. The average molecular weight is 415 g/mol. The maximum absolute atomic E-state index is 12.5. The Hall–Kier alpha value is -2.45. The van der Waals surface area contributed by atoms with Gasteiger partial charge >= 0.3 is 5.69 Å². The number of hydrogen-bond donors (Lipinski definition) is 1. The largest absolute Gasteiger partial charge is 0.348 e. The number of hydrogen-bond acceptors (Lipinski definition) is 6. The van der Waals surface area contributed by atoms with Crippen LogP contribution in [0.15, 0.2) is 34.1 Å². The molecule has 0 fully saturated rings. The maximum atomic E-state index is 12.5. The van der Waals surface area contributed by atoms with Crippen LogP contribution in [0.2, 0.25) is 0 Å². The van der Waals surface area contributed by atoms with Crippen molar-refractivity contribution in [3.05, 3.63) is 51.6 Å². The smallest absolute Gasteiger partial charge is 0.325 e. The number of carbonyl (C=O) groups excluding carboxylic acids is 2. The average Bonchev–Trinajstić information content (AvgIpc) is 3.15. The molecule has 1 aromatic carbocycles. The molecule has 0 bridgehead atoms. The van der Waals surface area contributed by atoms with Crippen molar-refractivity contribution in [1.82, 2.24) is 14.5 Å². The molecule has 2 aromatic rings. The summed E-state index contributed by atoms with van der Waals surface area (Å²) in [6, 6.07) is 6.86. The Kier molecular flexibility index (Phi) is 6.87. The number of nitrogens with one attached hydrogen (secondary N) is 1. The predicted molar refractivity (Wildman–Crippen MR) is 115 cm³/mol. The molecule has 29 heavy (non-hydrogen) atoms. The molecule has 154 valence electrons. The van der Waals surface area contributed by atoms with E-state index in [9.17, 15) is 14.4 Å². The number of amides is 1. The van der Waals surface area contributed by atoms with Crippen LogP contribution in [0.25, 0.3) is 0 Å². The van der Waals surface area contributed by atoms with E-state index in [-0.39, 0.29) is 23.1 Å². The Balaban J connectivity index is 1.69. The third-order valence-corrected chi connectivity index (χ3v) is 5.88. The van der Waals surface area contributed by atoms with E-state index in [1.54, 1.807) is 28.8 Å². The first-order valence-electron chi connectivity index (χ1n) is 9.66. The fourth-order valence-corrected chi connectivity index (χ4v) is 4.26. The zero-order chi connectivity index (χ0) is 21.0. The number of ketones is 1. The second-order valence-electron chi connectivity index (χ2n) is 7.41. The highest BCUT2D eigenvalue weighted by Crippen LogP contribution is 2.29. The predicted octanol–water partition coefficient (Wildman–Crippen LogP) is 2.23. The van der Waals surface area contributed by atoms with E-state index in [4.69, 9.17) is 0 Å². The molecule has 3 rings (SSSR count). The maximum Gasteiger partial charge on any atom is 0.348 e. The first kappa shape index (κ1) is 21.3. The van der Waals surface area contributed by atoms with Crippen molar-refractivity contribution in [1.29, 1.82) is 0 Å². The van der Waals surface area contributed by atoms with Crippen molar-refractivity contribution < 1.29 is 9.59 Å². The van der Waals surface area contributed by atoms with E-state index in [0.717, 1.165) is 37.1 Å². The molecule has 0 saturated heterocycles. The molecule has 0 saturated carbocycles. The summed E-state index contributed by atoms with van der Waals surface area (Å²) in [5.74, 6) is -0.0867. The van der Waals surface area contributed by atoms with Crippen LogP contribution < -0.4 is 11.0 Å². The third-order valence-electron chi connectivity index (χ3n) is 4.86. The molecule has 1 aliphatic carbocycles. The summed E-state index contributed by atoms with van der Waals surface area (Å²) in [7, 11) is 3.96. The highest BCUT2D eigenvalue weighted by atomic mass is 32.2. The highest BCUT2D eigenvalue weighted by Gasteiger charge is 2.22. The molecular weight excluding hydrogens is 388 g/mol. The first-order chi connectivity index (χ1) is 13.8. The van der Waals surface area contributed by atoms with E-state index in [2.05, 4.69) is 10.3 Å². The Morgan fingerprint density at radius 3 is 2.79 bits per heavy atom. The summed E-state index contributed by atoms with van der Waals surface area (Å²) in [6.07, 6.45) is 2.76. The lowest BCUT2D eigenvalue weighted by molar-refractivity contribution is -0.113. The van der Waals surface area contributed by atoms with Gasteiger partial charge in [-0.25, -0.2) is 4.79 Å². The summed E-state index contributed by atoms with van der Waals surface area (Å²) in [6.45, 7) is 2.89. The van der Waals surface area contributed by atoms with Gasteiger partial charge in [0.15, 0.2) is 5.78 Å². The number of carbonyl (C=O) groups is 2. The first-order valence-corrected chi connectivity index (χ1v) is 10.6. The molecule has 0 atom stereocenters. The molecule has 1 aromatic heterocycles. The van der Waals surface area contributed by atoms with Gasteiger partial charge in [0.25, 0.3) is 0 Å². The highest BCUT2D eigenvalue weighted by molar-refractivity contribution is 8.00. The SMILES string of the molecule is CC(=O)c1cccc(NC(=O)CSc2nc(=O)n(CCN(C)C)c3c2CCC3)c1. The number of Topliss-reactive ketones (excluding diaryl/α,β-unsaturated/α-hetero) is 1. The molecule has 8 heteroatoms. The number of benzene rings is 1. The number of thioether (sulfide) groups is 1. The molecule has 0 spiro atoms. The van der Waals surface area contributed by atoms with Gasteiger partial charge in [-0.2, -0.15) is 4.98 Å². The van der Waals surface area contributed by atoms with Gasteiger partial charge in [-0.05, 0) is 52.4 Å². The van der Waals surface area contributed by atoms with Crippen molar-refractivity contribution in [3.63, 3.8) is 0 Å². The third kappa shape index (κ3) is 5.33. The molecule has 0 radical (unpaired) electrons. The van der Waals surface area contributed by atoms with Gasteiger partial charge in [0.2, 0.25) is 5.91 Å². The molecule has 0 aliphatic heterocycles. The lowest BCUT2D eigenvalue weighted by Crippen LogP contribution is -2.31. The molecular formula is C21H26N4O3S. The Labute approximate surface area is 174 Å². The minimum atomic E-state index is -0.246.